The van der Waals surface area contributed by atoms with Gasteiger partial charge in [-0.2, -0.15) is 0 Å². The Balaban J connectivity index is 1.00. The first-order valence-electron chi connectivity index (χ1n) is 13.1. The second-order valence-electron chi connectivity index (χ2n) is 10.3. The molecule has 4 heteroatoms. The molecule has 3 N–H and O–H groups in total. The van der Waals surface area contributed by atoms with Crippen LogP contribution in [0, 0.1) is 5.92 Å². The Morgan fingerprint density at radius 2 is 1.63 bits per heavy atom. The van der Waals surface area contributed by atoms with Crippen LogP contribution in [0.3, 0.4) is 0 Å². The molecule has 1 heterocycles. The molecule has 0 radical (unpaired) electrons. The minimum Gasteiger partial charge on any atom is -0.398 e. The van der Waals surface area contributed by atoms with Crippen LogP contribution in [-0.2, 0) is 12.8 Å². The van der Waals surface area contributed by atoms with Crippen LogP contribution in [0.4, 0.5) is 5.69 Å². The Morgan fingerprint density at radius 1 is 0.914 bits per heavy atom. The van der Waals surface area contributed by atoms with Crippen molar-refractivity contribution in [3.05, 3.63) is 101 Å². The van der Waals surface area contributed by atoms with Gasteiger partial charge in [-0.05, 0) is 74.0 Å². The maximum atomic E-state index is 12.6. The molecule has 35 heavy (non-hydrogen) atoms. The predicted molar refractivity (Wildman–Crippen MR) is 144 cm³/mol. The minimum atomic E-state index is 0.117. The molecule has 3 aromatic rings. The SMILES string of the molecule is Nc1ccccc1CC(=O)c1ccc(CCN2CCC(CNC3CC3c3ccccc3)CC2)cc1. The fourth-order valence-electron chi connectivity index (χ4n) is 5.34. The minimum absolute atomic E-state index is 0.117. The number of para-hydroxylation sites is 1. The van der Waals surface area contributed by atoms with Crippen LogP contribution in [0.2, 0.25) is 0 Å². The summed E-state index contributed by atoms with van der Waals surface area (Å²) in [7, 11) is 0. The number of Topliss-reactive ketones (excluding diaryl/α,β-unsaturated/α-hetero) is 1. The van der Waals surface area contributed by atoms with Gasteiger partial charge in [0.15, 0.2) is 5.78 Å². The summed E-state index contributed by atoms with van der Waals surface area (Å²) in [5.74, 6) is 1.63. The van der Waals surface area contributed by atoms with Crippen molar-refractivity contribution in [3.63, 3.8) is 0 Å². The number of hydrogen-bond acceptors (Lipinski definition) is 4. The summed E-state index contributed by atoms with van der Waals surface area (Å²) in [6.45, 7) is 4.63. The third kappa shape index (κ3) is 6.39. The maximum absolute atomic E-state index is 12.6. The number of carbonyl (C=O) groups excluding carboxylic acids is 1. The van der Waals surface area contributed by atoms with E-state index in [9.17, 15) is 4.79 Å². The standard InChI is InChI=1S/C31H37N3O/c32-29-9-5-4-8-27(29)20-31(35)26-12-10-23(11-13-26)14-17-34-18-15-24(16-19-34)22-33-30-21-28(30)25-6-2-1-3-7-25/h1-13,24,28,30,33H,14-22,32H2. The first-order valence-corrected chi connectivity index (χ1v) is 13.1. The summed E-state index contributed by atoms with van der Waals surface area (Å²) in [6.07, 6.45) is 5.23. The van der Waals surface area contributed by atoms with Crippen LogP contribution < -0.4 is 11.1 Å². The lowest BCUT2D eigenvalue weighted by Crippen LogP contribution is -2.38. The second-order valence-corrected chi connectivity index (χ2v) is 10.3. The average Bonchev–Trinajstić information content (AvgIpc) is 3.69. The summed E-state index contributed by atoms with van der Waals surface area (Å²) in [4.78, 5) is 15.2. The van der Waals surface area contributed by atoms with Gasteiger partial charge in [0.25, 0.3) is 0 Å². The summed E-state index contributed by atoms with van der Waals surface area (Å²) in [5, 5.41) is 3.83. The highest BCUT2D eigenvalue weighted by atomic mass is 16.1. The lowest BCUT2D eigenvalue weighted by Gasteiger charge is -2.32. The highest BCUT2D eigenvalue weighted by Gasteiger charge is 2.38. The maximum Gasteiger partial charge on any atom is 0.167 e. The first-order chi connectivity index (χ1) is 17.2. The number of carbonyl (C=O) groups is 1. The van der Waals surface area contributed by atoms with Crippen LogP contribution in [0.15, 0.2) is 78.9 Å². The lowest BCUT2D eigenvalue weighted by molar-refractivity contribution is 0.0993. The first kappa shape index (κ1) is 23.8. The fourth-order valence-corrected chi connectivity index (χ4v) is 5.34. The zero-order chi connectivity index (χ0) is 24.0. The lowest BCUT2D eigenvalue weighted by atomic mass is 9.96. The monoisotopic (exact) mass is 467 g/mol. The Kier molecular flexibility index (Phi) is 7.60. The van der Waals surface area contributed by atoms with E-state index in [1.54, 1.807) is 0 Å². The number of nitrogens with one attached hydrogen (secondary N) is 1. The number of piperidine rings is 1. The van der Waals surface area contributed by atoms with Crippen molar-refractivity contribution in [3.8, 4) is 0 Å². The molecule has 1 saturated heterocycles. The number of nitrogens with two attached hydrogens (primary N) is 1. The number of nitrogens with zero attached hydrogens (tertiary/aromatic N) is 1. The Labute approximate surface area is 209 Å². The van der Waals surface area contributed by atoms with Crippen LogP contribution in [0.25, 0.3) is 0 Å². The summed E-state index contributed by atoms with van der Waals surface area (Å²) >= 11 is 0. The Hall–Kier alpha value is -2.95. The second kappa shape index (κ2) is 11.2. The Bertz CT molecular complexity index is 1100. The molecule has 0 bridgehead atoms. The van der Waals surface area contributed by atoms with Crippen molar-refractivity contribution < 1.29 is 4.79 Å². The van der Waals surface area contributed by atoms with Gasteiger partial charge < -0.3 is 16.0 Å². The molecular weight excluding hydrogens is 430 g/mol. The van der Waals surface area contributed by atoms with Crippen molar-refractivity contribution >= 4 is 11.5 Å². The van der Waals surface area contributed by atoms with Gasteiger partial charge in [-0.25, -0.2) is 0 Å². The van der Waals surface area contributed by atoms with Crippen LogP contribution in [0.5, 0.6) is 0 Å². The zero-order valence-electron chi connectivity index (χ0n) is 20.5. The average molecular weight is 468 g/mol. The van der Waals surface area contributed by atoms with Crippen molar-refractivity contribution in [1.82, 2.24) is 10.2 Å². The van der Waals surface area contributed by atoms with E-state index < -0.39 is 0 Å². The highest BCUT2D eigenvalue weighted by Crippen LogP contribution is 2.40. The third-order valence-corrected chi connectivity index (χ3v) is 7.79. The third-order valence-electron chi connectivity index (χ3n) is 7.79. The predicted octanol–water partition coefficient (Wildman–Crippen LogP) is 5.09. The molecule has 1 saturated carbocycles. The van der Waals surface area contributed by atoms with E-state index in [1.165, 1.54) is 43.5 Å². The number of benzene rings is 3. The topological polar surface area (TPSA) is 58.4 Å². The van der Waals surface area contributed by atoms with Gasteiger partial charge in [0.05, 0.1) is 0 Å². The van der Waals surface area contributed by atoms with Crippen molar-refractivity contribution in [2.45, 2.75) is 44.1 Å². The summed E-state index contributed by atoms with van der Waals surface area (Å²) in [6, 6.07) is 27.3. The molecule has 0 spiro atoms. The molecule has 2 unspecified atom stereocenters. The van der Waals surface area contributed by atoms with Crippen molar-refractivity contribution in [2.24, 2.45) is 5.92 Å². The van der Waals surface area contributed by atoms with E-state index in [0.717, 1.165) is 42.5 Å². The van der Waals surface area contributed by atoms with E-state index in [2.05, 4.69) is 52.7 Å². The van der Waals surface area contributed by atoms with E-state index in [1.807, 2.05) is 36.4 Å². The van der Waals surface area contributed by atoms with Crippen molar-refractivity contribution in [2.75, 3.05) is 31.9 Å². The quantitative estimate of drug-likeness (QED) is 0.322. The van der Waals surface area contributed by atoms with E-state index in [-0.39, 0.29) is 5.78 Å². The zero-order valence-corrected chi connectivity index (χ0v) is 20.5. The normalized spacial score (nSPS) is 20.6. The molecule has 0 amide bonds. The van der Waals surface area contributed by atoms with Crippen molar-refractivity contribution in [1.29, 1.82) is 0 Å². The molecule has 1 aliphatic carbocycles. The molecule has 2 aliphatic rings. The Morgan fingerprint density at radius 3 is 2.37 bits per heavy atom. The number of likely N-dealkylation sites (tertiary alicyclic amines) is 1. The smallest absolute Gasteiger partial charge is 0.167 e. The summed E-state index contributed by atoms with van der Waals surface area (Å²) < 4.78 is 0. The largest absolute Gasteiger partial charge is 0.398 e. The molecule has 2 fully saturated rings. The van der Waals surface area contributed by atoms with Gasteiger partial charge >= 0.3 is 0 Å². The van der Waals surface area contributed by atoms with Crippen LogP contribution in [-0.4, -0.2) is 42.9 Å². The van der Waals surface area contributed by atoms with E-state index in [4.69, 9.17) is 5.73 Å². The molecule has 2 atom stereocenters. The van der Waals surface area contributed by atoms with Crippen LogP contribution in [0.1, 0.15) is 52.2 Å². The molecular formula is C31H37N3O. The molecule has 182 valence electrons. The van der Waals surface area contributed by atoms with E-state index in [0.29, 0.717) is 18.2 Å². The summed E-state index contributed by atoms with van der Waals surface area (Å²) in [5.41, 5.74) is 11.1. The van der Waals surface area contributed by atoms with Gasteiger partial charge in [0, 0.05) is 36.2 Å². The molecule has 3 aromatic carbocycles. The number of anilines is 1. The molecule has 0 aromatic heterocycles. The van der Waals surface area contributed by atoms with Gasteiger partial charge in [0.2, 0.25) is 0 Å². The van der Waals surface area contributed by atoms with E-state index >= 15 is 0 Å². The molecule has 4 nitrogen and oxygen atoms in total. The molecule has 5 rings (SSSR count). The number of ketones is 1. The van der Waals surface area contributed by atoms with Gasteiger partial charge in [-0.3, -0.25) is 4.79 Å². The highest BCUT2D eigenvalue weighted by molar-refractivity contribution is 5.98. The number of rotatable bonds is 10. The van der Waals surface area contributed by atoms with Gasteiger partial charge in [-0.1, -0.05) is 72.8 Å². The number of hydrogen-bond donors (Lipinski definition) is 2. The molecule has 1 aliphatic heterocycles. The number of nitrogen functional groups attached to an aromatic ring is 1. The fraction of sp³-hybridized carbons (Fsp3) is 0.387. The van der Waals surface area contributed by atoms with Gasteiger partial charge in [-0.15, -0.1) is 0 Å². The van der Waals surface area contributed by atoms with Gasteiger partial charge in [0.1, 0.15) is 0 Å². The van der Waals surface area contributed by atoms with Crippen LogP contribution >= 0.6 is 0 Å².